The summed E-state index contributed by atoms with van der Waals surface area (Å²) in [6.07, 6.45) is 5.32. The van der Waals surface area contributed by atoms with Gasteiger partial charge in [0.25, 0.3) is 0 Å². The summed E-state index contributed by atoms with van der Waals surface area (Å²) in [5.41, 5.74) is 0. The Morgan fingerprint density at radius 3 is 2.12 bits per heavy atom. The molecule has 0 aromatic heterocycles. The van der Waals surface area contributed by atoms with E-state index in [1.165, 1.54) is 25.7 Å². The molecule has 0 aliphatic rings. The normalized spacial score (nSPS) is 11.8. The van der Waals surface area contributed by atoms with Crippen molar-refractivity contribution in [2.75, 3.05) is 33.5 Å². The molecule has 4 heteroatoms. The third-order valence-corrected chi connectivity index (χ3v) is 1.90. The molecule has 1 unspecified atom stereocenters. The Labute approximate surface area is 99.6 Å². The molecule has 100 valence electrons. The number of ether oxygens (including phenoxy) is 2. The van der Waals surface area contributed by atoms with E-state index in [9.17, 15) is 0 Å². The maximum absolute atomic E-state index is 7.62. The van der Waals surface area contributed by atoms with Crippen LogP contribution in [0.3, 0.4) is 0 Å². The van der Waals surface area contributed by atoms with Crippen molar-refractivity contribution >= 4 is 0 Å². The minimum Gasteiger partial charge on any atom is -0.394 e. The lowest BCUT2D eigenvalue weighted by Gasteiger charge is -2.11. The first kappa shape index (κ1) is 18.2. The van der Waals surface area contributed by atoms with E-state index < -0.39 is 0 Å². The Hall–Kier alpha value is -0.160. The second-order valence-electron chi connectivity index (χ2n) is 3.64. The van der Waals surface area contributed by atoms with E-state index in [1.807, 2.05) is 6.92 Å². The van der Waals surface area contributed by atoms with Gasteiger partial charge in [0.05, 0.1) is 25.9 Å². The average Bonchev–Trinajstić information content (AvgIpc) is 2.29. The minimum absolute atomic E-state index is 0.125. The van der Waals surface area contributed by atoms with Crippen molar-refractivity contribution in [1.82, 2.24) is 0 Å². The van der Waals surface area contributed by atoms with Gasteiger partial charge in [-0.15, -0.1) is 0 Å². The zero-order valence-electron chi connectivity index (χ0n) is 10.9. The molecule has 0 saturated heterocycles. The minimum atomic E-state index is -0.125. The molecule has 0 aliphatic heterocycles. The van der Waals surface area contributed by atoms with Crippen molar-refractivity contribution in [3.8, 4) is 0 Å². The van der Waals surface area contributed by atoms with Crippen molar-refractivity contribution in [2.45, 2.75) is 45.6 Å². The largest absolute Gasteiger partial charge is 0.394 e. The third-order valence-electron chi connectivity index (χ3n) is 1.90. The first-order valence-corrected chi connectivity index (χ1v) is 6.05. The van der Waals surface area contributed by atoms with E-state index in [1.54, 1.807) is 7.11 Å². The summed E-state index contributed by atoms with van der Waals surface area (Å²) in [5.74, 6) is 0. The van der Waals surface area contributed by atoms with Crippen molar-refractivity contribution in [1.29, 1.82) is 0 Å². The smallest absolute Gasteiger partial charge is 0.0780 e. The number of hydrogen-bond donors (Lipinski definition) is 2. The van der Waals surface area contributed by atoms with E-state index in [2.05, 4.69) is 6.92 Å². The van der Waals surface area contributed by atoms with Crippen LogP contribution in [0.1, 0.15) is 39.5 Å². The van der Waals surface area contributed by atoms with Crippen LogP contribution in [-0.2, 0) is 9.47 Å². The van der Waals surface area contributed by atoms with Gasteiger partial charge in [-0.05, 0) is 13.3 Å². The first-order chi connectivity index (χ1) is 7.72. The molecule has 0 saturated carbocycles. The summed E-state index contributed by atoms with van der Waals surface area (Å²) >= 11 is 0. The van der Waals surface area contributed by atoms with Gasteiger partial charge in [0.15, 0.2) is 0 Å². The topological polar surface area (TPSA) is 58.9 Å². The standard InChI is InChI=1S/C10H22O2.C2H6O2/c1-4-5-6-7-8-12-10(2)9-11-3;3-1-2-4/h10H,4-9H2,1-3H3;3-4H,1-2H2. The maximum Gasteiger partial charge on any atom is 0.0780 e. The second-order valence-corrected chi connectivity index (χ2v) is 3.64. The van der Waals surface area contributed by atoms with Gasteiger partial charge in [0.1, 0.15) is 0 Å². The second kappa shape index (κ2) is 17.2. The molecule has 0 heterocycles. The predicted octanol–water partition coefficient (Wildman–Crippen LogP) is 1.59. The van der Waals surface area contributed by atoms with E-state index in [0.29, 0.717) is 6.61 Å². The Morgan fingerprint density at radius 2 is 1.69 bits per heavy atom. The lowest BCUT2D eigenvalue weighted by atomic mass is 10.2. The zero-order valence-corrected chi connectivity index (χ0v) is 10.9. The molecule has 0 aromatic rings. The summed E-state index contributed by atoms with van der Waals surface area (Å²) in [4.78, 5) is 0. The van der Waals surface area contributed by atoms with Crippen molar-refractivity contribution < 1.29 is 19.7 Å². The van der Waals surface area contributed by atoms with E-state index in [-0.39, 0.29) is 19.3 Å². The quantitative estimate of drug-likeness (QED) is 0.597. The third kappa shape index (κ3) is 19.4. The van der Waals surface area contributed by atoms with Crippen LogP contribution in [0.2, 0.25) is 0 Å². The lowest BCUT2D eigenvalue weighted by molar-refractivity contribution is 0.00766. The zero-order chi connectivity index (χ0) is 12.6. The predicted molar refractivity (Wildman–Crippen MR) is 65.6 cm³/mol. The molecular formula is C12H28O4. The number of aliphatic hydroxyl groups excluding tert-OH is 2. The van der Waals surface area contributed by atoms with Gasteiger partial charge in [-0.2, -0.15) is 0 Å². The molecule has 0 aromatic carbocycles. The molecule has 0 rings (SSSR count). The van der Waals surface area contributed by atoms with E-state index >= 15 is 0 Å². The van der Waals surface area contributed by atoms with E-state index in [4.69, 9.17) is 19.7 Å². The van der Waals surface area contributed by atoms with Gasteiger partial charge in [-0.1, -0.05) is 26.2 Å². The summed E-state index contributed by atoms with van der Waals surface area (Å²) in [7, 11) is 1.71. The molecule has 0 radical (unpaired) electrons. The van der Waals surface area contributed by atoms with Crippen LogP contribution in [-0.4, -0.2) is 49.9 Å². The highest BCUT2D eigenvalue weighted by atomic mass is 16.5. The number of methoxy groups -OCH3 is 1. The highest BCUT2D eigenvalue weighted by Gasteiger charge is 1.99. The molecule has 4 nitrogen and oxygen atoms in total. The average molecular weight is 236 g/mol. The summed E-state index contributed by atoms with van der Waals surface area (Å²) in [6.45, 7) is 5.59. The highest BCUT2D eigenvalue weighted by molar-refractivity contribution is 4.47. The summed E-state index contributed by atoms with van der Waals surface area (Å²) < 4.78 is 10.5. The molecule has 2 N–H and O–H groups in total. The van der Waals surface area contributed by atoms with Crippen LogP contribution in [0.4, 0.5) is 0 Å². The molecule has 0 fully saturated rings. The molecule has 0 aliphatic carbocycles. The molecule has 0 amide bonds. The van der Waals surface area contributed by atoms with E-state index in [0.717, 1.165) is 6.61 Å². The fourth-order valence-electron chi connectivity index (χ4n) is 1.10. The summed E-state index contributed by atoms with van der Waals surface area (Å²) in [6, 6.07) is 0. The Morgan fingerprint density at radius 1 is 1.06 bits per heavy atom. The van der Waals surface area contributed by atoms with Gasteiger partial charge >= 0.3 is 0 Å². The van der Waals surface area contributed by atoms with Gasteiger partial charge in [0, 0.05) is 13.7 Å². The monoisotopic (exact) mass is 236 g/mol. The fourth-order valence-corrected chi connectivity index (χ4v) is 1.10. The molecule has 0 bridgehead atoms. The summed E-state index contributed by atoms with van der Waals surface area (Å²) in [5, 5.41) is 15.2. The van der Waals surface area contributed by atoms with Crippen LogP contribution in [0, 0.1) is 0 Å². The van der Waals surface area contributed by atoms with Crippen LogP contribution in [0.15, 0.2) is 0 Å². The number of hydrogen-bond acceptors (Lipinski definition) is 4. The molecule has 16 heavy (non-hydrogen) atoms. The van der Waals surface area contributed by atoms with Gasteiger partial charge in [0.2, 0.25) is 0 Å². The number of aliphatic hydroxyl groups is 2. The fraction of sp³-hybridized carbons (Fsp3) is 1.00. The Kier molecular flexibility index (Phi) is 19.6. The maximum atomic E-state index is 7.62. The molecular weight excluding hydrogens is 208 g/mol. The van der Waals surface area contributed by atoms with Crippen LogP contribution in [0.5, 0.6) is 0 Å². The van der Waals surface area contributed by atoms with Crippen LogP contribution < -0.4 is 0 Å². The van der Waals surface area contributed by atoms with Crippen molar-refractivity contribution in [3.05, 3.63) is 0 Å². The van der Waals surface area contributed by atoms with Crippen molar-refractivity contribution in [2.24, 2.45) is 0 Å². The van der Waals surface area contributed by atoms with Gasteiger partial charge in [-0.3, -0.25) is 0 Å². The van der Waals surface area contributed by atoms with Gasteiger partial charge < -0.3 is 19.7 Å². The Balaban J connectivity index is 0. The molecule has 0 spiro atoms. The molecule has 1 atom stereocenters. The van der Waals surface area contributed by atoms with Crippen LogP contribution in [0.25, 0.3) is 0 Å². The highest BCUT2D eigenvalue weighted by Crippen LogP contribution is 2.00. The number of rotatable bonds is 9. The van der Waals surface area contributed by atoms with Crippen molar-refractivity contribution in [3.63, 3.8) is 0 Å². The van der Waals surface area contributed by atoms with Gasteiger partial charge in [-0.25, -0.2) is 0 Å². The van der Waals surface area contributed by atoms with Crippen LogP contribution >= 0.6 is 0 Å². The Bertz CT molecular complexity index is 107. The SMILES string of the molecule is CCCCCCOC(C)COC.OCCO. The first-order valence-electron chi connectivity index (χ1n) is 6.05. The lowest BCUT2D eigenvalue weighted by Crippen LogP contribution is -2.15. The number of unbranched alkanes of at least 4 members (excludes halogenated alkanes) is 3.